The van der Waals surface area contributed by atoms with E-state index in [2.05, 4.69) is 15.7 Å². The largest absolute Gasteiger partial charge is 0.346 e. The van der Waals surface area contributed by atoms with Gasteiger partial charge in [-0.1, -0.05) is 26.0 Å². The number of amides is 2. The van der Waals surface area contributed by atoms with E-state index in [0.717, 1.165) is 5.56 Å². The Morgan fingerprint density at radius 3 is 2.54 bits per heavy atom. The highest BCUT2D eigenvalue weighted by Crippen LogP contribution is 2.10. The van der Waals surface area contributed by atoms with E-state index >= 15 is 0 Å². The van der Waals surface area contributed by atoms with Crippen LogP contribution < -0.4 is 16.4 Å². The van der Waals surface area contributed by atoms with Gasteiger partial charge in [0.1, 0.15) is 0 Å². The number of aromatic nitrogens is 2. The average molecular weight is 329 g/mol. The molecule has 128 valence electrons. The molecule has 1 heterocycles. The van der Waals surface area contributed by atoms with Crippen LogP contribution in [0.15, 0.2) is 42.7 Å². The molecule has 0 saturated heterocycles. The van der Waals surface area contributed by atoms with Gasteiger partial charge in [0, 0.05) is 18.1 Å². The van der Waals surface area contributed by atoms with E-state index in [1.54, 1.807) is 6.20 Å². The predicted molar refractivity (Wildman–Crippen MR) is 92.2 cm³/mol. The number of anilines is 1. The molecular formula is C17H23N5O2. The number of nitrogens with zero attached hydrogens (tertiary/aromatic N) is 2. The molecule has 0 radical (unpaired) electrons. The van der Waals surface area contributed by atoms with Crippen molar-refractivity contribution in [1.29, 1.82) is 0 Å². The first-order chi connectivity index (χ1) is 11.5. The van der Waals surface area contributed by atoms with Crippen LogP contribution >= 0.6 is 0 Å². The zero-order chi connectivity index (χ0) is 17.5. The monoisotopic (exact) mass is 329 g/mol. The molecule has 1 atom stereocenters. The summed E-state index contributed by atoms with van der Waals surface area (Å²) in [4.78, 5) is 23.6. The number of rotatable bonds is 7. The number of carbonyl (C=O) groups is 2. The summed E-state index contributed by atoms with van der Waals surface area (Å²) in [5, 5.41) is 9.42. The van der Waals surface area contributed by atoms with Crippen LogP contribution in [0.4, 0.5) is 5.69 Å². The van der Waals surface area contributed by atoms with E-state index in [1.165, 1.54) is 0 Å². The minimum Gasteiger partial charge on any atom is -0.346 e. The summed E-state index contributed by atoms with van der Waals surface area (Å²) in [5.41, 5.74) is 7.47. The Balaban J connectivity index is 1.80. The highest BCUT2D eigenvalue weighted by molar-refractivity contribution is 5.95. The normalized spacial score (nSPS) is 12.0. The van der Waals surface area contributed by atoms with Gasteiger partial charge in [-0.2, -0.15) is 5.10 Å². The lowest BCUT2D eigenvalue weighted by Crippen LogP contribution is -2.46. The molecule has 0 fully saturated rings. The molecule has 0 spiro atoms. The molecule has 4 N–H and O–H groups in total. The molecule has 7 nitrogen and oxygen atoms in total. The van der Waals surface area contributed by atoms with Crippen molar-refractivity contribution in [1.82, 2.24) is 15.1 Å². The Hall–Kier alpha value is -2.67. The fourth-order valence-electron chi connectivity index (χ4n) is 2.07. The number of nitrogens with one attached hydrogen (secondary N) is 2. The lowest BCUT2D eigenvalue weighted by atomic mass is 10.1. The van der Waals surface area contributed by atoms with Crippen molar-refractivity contribution in [3.63, 3.8) is 0 Å². The smallest absolute Gasteiger partial charge is 0.243 e. The lowest BCUT2D eigenvalue weighted by molar-refractivity contribution is -0.125. The number of nitrogens with two attached hydrogens (primary N) is 1. The van der Waals surface area contributed by atoms with Gasteiger partial charge in [-0.25, -0.2) is 0 Å². The van der Waals surface area contributed by atoms with Gasteiger partial charge in [-0.3, -0.25) is 14.3 Å². The van der Waals surface area contributed by atoms with Crippen LogP contribution in [-0.2, 0) is 16.1 Å². The van der Waals surface area contributed by atoms with E-state index in [4.69, 9.17) is 5.73 Å². The Bertz CT molecular complexity index is 665. The fourth-order valence-corrected chi connectivity index (χ4v) is 2.07. The molecule has 0 saturated carbocycles. The third kappa shape index (κ3) is 5.20. The van der Waals surface area contributed by atoms with Crippen molar-refractivity contribution >= 4 is 17.5 Å². The molecule has 1 aromatic carbocycles. The Labute approximate surface area is 141 Å². The summed E-state index contributed by atoms with van der Waals surface area (Å²) in [6, 6.07) is 8.74. The maximum Gasteiger partial charge on any atom is 0.243 e. The molecule has 0 unspecified atom stereocenters. The van der Waals surface area contributed by atoms with E-state index in [1.807, 2.05) is 55.1 Å². The quantitative estimate of drug-likeness (QED) is 0.704. The van der Waals surface area contributed by atoms with Crippen LogP contribution in [0.5, 0.6) is 0 Å². The SMILES string of the molecule is CC(C)[C@H](N)C(=O)NCC(=O)Nc1ccc(Cn2cccn2)cc1. The second-order valence-electron chi connectivity index (χ2n) is 5.94. The highest BCUT2D eigenvalue weighted by Gasteiger charge is 2.17. The molecule has 0 aliphatic heterocycles. The van der Waals surface area contributed by atoms with Gasteiger partial charge >= 0.3 is 0 Å². The summed E-state index contributed by atoms with van der Waals surface area (Å²) >= 11 is 0. The first-order valence-electron chi connectivity index (χ1n) is 7.85. The van der Waals surface area contributed by atoms with E-state index in [-0.39, 0.29) is 24.3 Å². The molecule has 2 rings (SSSR count). The molecule has 24 heavy (non-hydrogen) atoms. The Morgan fingerprint density at radius 2 is 1.96 bits per heavy atom. The second-order valence-corrected chi connectivity index (χ2v) is 5.94. The maximum atomic E-state index is 11.9. The molecule has 0 aliphatic carbocycles. The van der Waals surface area contributed by atoms with E-state index < -0.39 is 6.04 Å². The van der Waals surface area contributed by atoms with Crippen LogP contribution in [0, 0.1) is 5.92 Å². The first-order valence-corrected chi connectivity index (χ1v) is 7.85. The minimum absolute atomic E-state index is 0.0235. The van der Waals surface area contributed by atoms with Crippen LogP contribution in [0.1, 0.15) is 19.4 Å². The highest BCUT2D eigenvalue weighted by atomic mass is 16.2. The summed E-state index contributed by atoms with van der Waals surface area (Å²) in [6.07, 6.45) is 3.62. The number of hydrogen-bond acceptors (Lipinski definition) is 4. The number of carbonyl (C=O) groups excluding carboxylic acids is 2. The van der Waals surface area contributed by atoms with Gasteiger partial charge in [0.15, 0.2) is 0 Å². The Kier molecular flexibility index (Phi) is 6.08. The Morgan fingerprint density at radius 1 is 1.25 bits per heavy atom. The number of hydrogen-bond donors (Lipinski definition) is 3. The molecule has 0 bridgehead atoms. The third-order valence-corrected chi connectivity index (χ3v) is 3.59. The van der Waals surface area contributed by atoms with Gasteiger partial charge in [0.2, 0.25) is 11.8 Å². The van der Waals surface area contributed by atoms with Crippen LogP contribution in [0.25, 0.3) is 0 Å². The second kappa shape index (κ2) is 8.26. The molecule has 2 amide bonds. The summed E-state index contributed by atoms with van der Waals surface area (Å²) in [7, 11) is 0. The topological polar surface area (TPSA) is 102 Å². The standard InChI is InChI=1S/C17H23N5O2/c1-12(2)16(18)17(24)19-10-15(23)21-14-6-4-13(5-7-14)11-22-9-3-8-20-22/h3-9,12,16H,10-11,18H2,1-2H3,(H,19,24)(H,21,23)/t16-/m0/s1. The fraction of sp³-hybridized carbons (Fsp3) is 0.353. The van der Waals surface area contributed by atoms with Crippen LogP contribution in [-0.4, -0.2) is 34.2 Å². The molecular weight excluding hydrogens is 306 g/mol. The average Bonchev–Trinajstić information content (AvgIpc) is 3.06. The molecule has 2 aromatic rings. The van der Waals surface area contributed by atoms with Crippen molar-refractivity contribution in [2.75, 3.05) is 11.9 Å². The van der Waals surface area contributed by atoms with Crippen LogP contribution in [0.3, 0.4) is 0 Å². The predicted octanol–water partition coefficient (Wildman–Crippen LogP) is 0.969. The zero-order valence-corrected chi connectivity index (χ0v) is 13.9. The van der Waals surface area contributed by atoms with Crippen LogP contribution in [0.2, 0.25) is 0 Å². The van der Waals surface area contributed by atoms with Crippen molar-refractivity contribution in [3.05, 3.63) is 48.3 Å². The number of benzene rings is 1. The van der Waals surface area contributed by atoms with Gasteiger partial charge in [0.25, 0.3) is 0 Å². The van der Waals surface area contributed by atoms with Gasteiger partial charge in [-0.15, -0.1) is 0 Å². The van der Waals surface area contributed by atoms with Crippen molar-refractivity contribution in [2.24, 2.45) is 11.7 Å². The van der Waals surface area contributed by atoms with Crippen molar-refractivity contribution < 1.29 is 9.59 Å². The van der Waals surface area contributed by atoms with Gasteiger partial charge in [-0.05, 0) is 29.7 Å². The minimum atomic E-state index is -0.612. The zero-order valence-electron chi connectivity index (χ0n) is 13.9. The van der Waals surface area contributed by atoms with Crippen molar-refractivity contribution in [3.8, 4) is 0 Å². The van der Waals surface area contributed by atoms with Gasteiger partial charge in [0.05, 0.1) is 19.1 Å². The van der Waals surface area contributed by atoms with E-state index in [0.29, 0.717) is 12.2 Å². The summed E-state index contributed by atoms with van der Waals surface area (Å²) < 4.78 is 1.82. The molecule has 1 aromatic heterocycles. The van der Waals surface area contributed by atoms with E-state index in [9.17, 15) is 9.59 Å². The molecule has 0 aliphatic rings. The lowest BCUT2D eigenvalue weighted by Gasteiger charge is -2.15. The molecule has 7 heteroatoms. The van der Waals surface area contributed by atoms with Crippen molar-refractivity contribution in [2.45, 2.75) is 26.4 Å². The summed E-state index contributed by atoms with van der Waals surface area (Å²) in [5.74, 6) is -0.593. The third-order valence-electron chi connectivity index (χ3n) is 3.59. The maximum absolute atomic E-state index is 11.9. The summed E-state index contributed by atoms with van der Waals surface area (Å²) in [6.45, 7) is 4.28. The first kappa shape index (κ1) is 17.7. The van der Waals surface area contributed by atoms with Gasteiger partial charge < -0.3 is 16.4 Å².